The molecule has 0 radical (unpaired) electrons. The van der Waals surface area contributed by atoms with Gasteiger partial charge in [0, 0.05) is 59.4 Å². The highest BCUT2D eigenvalue weighted by Gasteiger charge is 2.41. The topological polar surface area (TPSA) is 78.8 Å². The smallest absolute Gasteiger partial charge is 0.281 e. The number of hydrogen-bond acceptors (Lipinski definition) is 4. The number of amides is 1. The molecule has 4 heterocycles. The van der Waals surface area contributed by atoms with Crippen LogP contribution >= 0.6 is 0 Å². The van der Waals surface area contributed by atoms with E-state index in [0.717, 1.165) is 18.4 Å². The van der Waals surface area contributed by atoms with E-state index in [4.69, 9.17) is 0 Å². The van der Waals surface area contributed by atoms with Gasteiger partial charge in [0.15, 0.2) is 0 Å². The Labute approximate surface area is 149 Å². The Hall–Kier alpha value is -1.45. The normalized spacial score (nSPS) is 24.7. The molecular weight excluding hydrogens is 342 g/mol. The molecule has 3 aliphatic rings. The lowest BCUT2D eigenvalue weighted by Gasteiger charge is -2.36. The molecule has 3 saturated heterocycles. The van der Waals surface area contributed by atoms with Gasteiger partial charge in [-0.1, -0.05) is 0 Å². The molecule has 2 atom stereocenters. The van der Waals surface area contributed by atoms with Crippen LogP contribution in [0.25, 0.3) is 0 Å². The summed E-state index contributed by atoms with van der Waals surface area (Å²) in [5.41, 5.74) is 1.05. The molecule has 0 aromatic carbocycles. The van der Waals surface area contributed by atoms with E-state index in [1.54, 1.807) is 29.3 Å². The molecule has 0 unspecified atom stereocenters. The predicted molar refractivity (Wildman–Crippen MR) is 93.9 cm³/mol. The average Bonchev–Trinajstić information content (AvgIpc) is 2.78. The van der Waals surface area contributed by atoms with E-state index in [2.05, 4.69) is 5.10 Å². The first kappa shape index (κ1) is 18.3. The summed E-state index contributed by atoms with van der Waals surface area (Å²) in [6.45, 7) is 1.56. The molecule has 25 heavy (non-hydrogen) atoms. The third-order valence-corrected chi connectivity index (χ3v) is 7.05. The summed E-state index contributed by atoms with van der Waals surface area (Å²) in [7, 11) is 1.54. The molecule has 9 heteroatoms. The van der Waals surface area contributed by atoms with E-state index < -0.39 is 10.2 Å². The zero-order valence-electron chi connectivity index (χ0n) is 15.1. The molecule has 1 aromatic heterocycles. The fraction of sp³-hybridized carbons (Fsp3) is 0.750. The maximum Gasteiger partial charge on any atom is 0.281 e. The van der Waals surface area contributed by atoms with Crippen LogP contribution in [0.2, 0.25) is 0 Å². The van der Waals surface area contributed by atoms with Crippen LogP contribution in [-0.2, 0) is 28.5 Å². The van der Waals surface area contributed by atoms with Gasteiger partial charge in [-0.05, 0) is 30.7 Å². The van der Waals surface area contributed by atoms with Gasteiger partial charge in [0.1, 0.15) is 0 Å². The Morgan fingerprint density at radius 2 is 2.04 bits per heavy atom. The molecule has 1 aromatic rings. The molecule has 8 nitrogen and oxygen atoms in total. The monoisotopic (exact) mass is 369 g/mol. The number of rotatable bonds is 5. The Balaban J connectivity index is 1.67. The van der Waals surface area contributed by atoms with E-state index in [1.165, 1.54) is 4.31 Å². The lowest BCUT2D eigenvalue weighted by Crippen LogP contribution is -2.48. The Bertz CT molecular complexity index is 730. The van der Waals surface area contributed by atoms with Crippen molar-refractivity contribution in [3.05, 3.63) is 18.0 Å². The SMILES string of the molecule is CN(C)S(=O)(=O)N1C[C@@H]2CC[C@H](C1)N(C(=O)CCc1cnn(C)c1)C2. The van der Waals surface area contributed by atoms with Gasteiger partial charge >= 0.3 is 0 Å². The van der Waals surface area contributed by atoms with Crippen LogP contribution in [0.1, 0.15) is 24.8 Å². The van der Waals surface area contributed by atoms with Crippen molar-refractivity contribution in [2.24, 2.45) is 13.0 Å². The molecule has 140 valence electrons. The number of aryl methyl sites for hydroxylation is 2. The van der Waals surface area contributed by atoms with Crippen LogP contribution < -0.4 is 0 Å². The minimum atomic E-state index is -3.43. The number of carbonyl (C=O) groups is 1. The lowest BCUT2D eigenvalue weighted by atomic mass is 9.94. The minimum absolute atomic E-state index is 0.0186. The van der Waals surface area contributed by atoms with Gasteiger partial charge < -0.3 is 4.90 Å². The van der Waals surface area contributed by atoms with Crippen LogP contribution in [0, 0.1) is 5.92 Å². The molecule has 0 aliphatic carbocycles. The van der Waals surface area contributed by atoms with Crippen molar-refractivity contribution in [1.82, 2.24) is 23.3 Å². The summed E-state index contributed by atoms with van der Waals surface area (Å²) in [4.78, 5) is 14.6. The van der Waals surface area contributed by atoms with Crippen LogP contribution in [0.5, 0.6) is 0 Å². The summed E-state index contributed by atoms with van der Waals surface area (Å²) in [5, 5.41) is 4.13. The van der Waals surface area contributed by atoms with Gasteiger partial charge in [-0.2, -0.15) is 22.1 Å². The van der Waals surface area contributed by atoms with Gasteiger partial charge in [-0.15, -0.1) is 0 Å². The minimum Gasteiger partial charge on any atom is -0.338 e. The Morgan fingerprint density at radius 3 is 2.68 bits per heavy atom. The summed E-state index contributed by atoms with van der Waals surface area (Å²) >= 11 is 0. The van der Waals surface area contributed by atoms with Crippen molar-refractivity contribution in [1.29, 1.82) is 0 Å². The second-order valence-corrected chi connectivity index (χ2v) is 9.42. The van der Waals surface area contributed by atoms with Crippen molar-refractivity contribution in [3.8, 4) is 0 Å². The maximum atomic E-state index is 12.7. The second-order valence-electron chi connectivity index (χ2n) is 7.27. The molecular formula is C16H27N5O3S. The predicted octanol–water partition coefficient (Wildman–Crippen LogP) is 0.0819. The molecule has 3 fully saturated rings. The van der Waals surface area contributed by atoms with Crippen molar-refractivity contribution in [3.63, 3.8) is 0 Å². The third-order valence-electron chi connectivity index (χ3n) is 5.17. The van der Waals surface area contributed by atoms with Crippen LogP contribution in [-0.4, -0.2) is 77.4 Å². The highest BCUT2D eigenvalue weighted by molar-refractivity contribution is 7.86. The number of carbonyl (C=O) groups excluding carboxylic acids is 1. The number of aromatic nitrogens is 2. The van der Waals surface area contributed by atoms with Crippen molar-refractivity contribution in [2.45, 2.75) is 31.7 Å². The van der Waals surface area contributed by atoms with E-state index >= 15 is 0 Å². The quantitative estimate of drug-likeness (QED) is 0.736. The number of hydrogen-bond donors (Lipinski definition) is 0. The fourth-order valence-corrected chi connectivity index (χ4v) is 4.98. The van der Waals surface area contributed by atoms with Gasteiger partial charge in [0.2, 0.25) is 5.91 Å². The van der Waals surface area contributed by atoms with Crippen LogP contribution in [0.15, 0.2) is 12.4 Å². The largest absolute Gasteiger partial charge is 0.338 e. The van der Waals surface area contributed by atoms with Crippen molar-refractivity contribution in [2.75, 3.05) is 33.7 Å². The molecule has 4 rings (SSSR count). The molecule has 0 saturated carbocycles. The molecule has 2 bridgehead atoms. The standard InChI is InChI=1S/C16H27N5O3S/c1-18(2)25(23,24)20-10-14-4-6-15(12-20)21(11-14)16(22)7-5-13-8-17-19(3)9-13/h8-9,14-15H,4-7,10-12H2,1-3H3/t14-,15+/m0/s1. The lowest BCUT2D eigenvalue weighted by molar-refractivity contribution is -0.135. The summed E-state index contributed by atoms with van der Waals surface area (Å²) in [6.07, 6.45) is 6.68. The zero-order valence-corrected chi connectivity index (χ0v) is 15.9. The summed E-state index contributed by atoms with van der Waals surface area (Å²) in [6, 6.07) is -0.0186. The maximum absolute atomic E-state index is 12.7. The fourth-order valence-electron chi connectivity index (χ4n) is 3.76. The number of fused-ring (bicyclic) bond motifs is 4. The Kier molecular flexibility index (Phi) is 5.17. The zero-order chi connectivity index (χ0) is 18.2. The van der Waals surface area contributed by atoms with Crippen LogP contribution in [0.3, 0.4) is 0 Å². The third kappa shape index (κ3) is 3.88. The second kappa shape index (κ2) is 7.05. The van der Waals surface area contributed by atoms with Crippen molar-refractivity contribution >= 4 is 16.1 Å². The molecule has 1 amide bonds. The van der Waals surface area contributed by atoms with E-state index in [0.29, 0.717) is 32.5 Å². The number of piperidine rings is 1. The van der Waals surface area contributed by atoms with Gasteiger partial charge in [0.25, 0.3) is 10.2 Å². The highest BCUT2D eigenvalue weighted by Crippen LogP contribution is 2.30. The molecule has 0 spiro atoms. The average molecular weight is 369 g/mol. The van der Waals surface area contributed by atoms with E-state index in [-0.39, 0.29) is 17.9 Å². The first-order valence-corrected chi connectivity index (χ1v) is 10.1. The van der Waals surface area contributed by atoms with Gasteiger partial charge in [-0.25, -0.2) is 0 Å². The van der Waals surface area contributed by atoms with E-state index in [1.807, 2.05) is 18.1 Å². The Morgan fingerprint density at radius 1 is 1.28 bits per heavy atom. The molecule has 0 N–H and O–H groups in total. The van der Waals surface area contributed by atoms with E-state index in [9.17, 15) is 13.2 Å². The molecule has 3 aliphatic heterocycles. The van der Waals surface area contributed by atoms with Gasteiger partial charge in [0.05, 0.1) is 6.20 Å². The van der Waals surface area contributed by atoms with Crippen molar-refractivity contribution < 1.29 is 13.2 Å². The highest BCUT2D eigenvalue weighted by atomic mass is 32.2. The van der Waals surface area contributed by atoms with Gasteiger partial charge in [-0.3, -0.25) is 9.48 Å². The first-order chi connectivity index (χ1) is 11.8. The summed E-state index contributed by atoms with van der Waals surface area (Å²) in [5.74, 6) is 0.332. The number of nitrogens with zero attached hydrogens (tertiary/aromatic N) is 5. The summed E-state index contributed by atoms with van der Waals surface area (Å²) < 4.78 is 29.5. The first-order valence-electron chi connectivity index (χ1n) is 8.72. The van der Waals surface area contributed by atoms with Crippen LogP contribution in [0.4, 0.5) is 0 Å².